The van der Waals surface area contributed by atoms with Crippen molar-refractivity contribution in [3.63, 3.8) is 0 Å². The van der Waals surface area contributed by atoms with Gasteiger partial charge in [0.1, 0.15) is 6.04 Å². The van der Waals surface area contributed by atoms with Crippen molar-refractivity contribution in [2.24, 2.45) is 23.7 Å². The predicted octanol–water partition coefficient (Wildman–Crippen LogP) is 3.57. The van der Waals surface area contributed by atoms with Crippen molar-refractivity contribution in [2.45, 2.75) is 117 Å². The number of nitrogens with one attached hydrogen (secondary N) is 2. The minimum absolute atomic E-state index is 0.00320. The summed E-state index contributed by atoms with van der Waals surface area (Å²) in [5, 5.41) is 6.07. The van der Waals surface area contributed by atoms with Crippen LogP contribution < -0.4 is 16.4 Å². The van der Waals surface area contributed by atoms with Crippen molar-refractivity contribution in [3.8, 4) is 0 Å². The molecular weight excluding hydrogens is 648 g/mol. The van der Waals surface area contributed by atoms with Gasteiger partial charge in [-0.1, -0.05) is 67.0 Å². The maximum atomic E-state index is 14.2. The molecule has 12 heteroatoms. The molecule has 1 saturated heterocycles. The van der Waals surface area contributed by atoms with Crippen LogP contribution in [0.4, 0.5) is 5.69 Å². The Labute approximate surface area is 307 Å². The number of hydrogen-bond donors (Lipinski definition) is 3. The van der Waals surface area contributed by atoms with Gasteiger partial charge >= 0.3 is 0 Å². The second kappa shape index (κ2) is 20.7. The van der Waals surface area contributed by atoms with Gasteiger partial charge in [0.15, 0.2) is 0 Å². The molecule has 6 unspecified atom stereocenters. The zero-order valence-corrected chi connectivity index (χ0v) is 33.4. The summed E-state index contributed by atoms with van der Waals surface area (Å²) in [6.07, 6.45) is 1.93. The van der Waals surface area contributed by atoms with Crippen LogP contribution in [0, 0.1) is 23.7 Å². The Morgan fingerprint density at radius 3 is 2.08 bits per heavy atom. The van der Waals surface area contributed by atoms with Gasteiger partial charge in [0.2, 0.25) is 23.6 Å². The summed E-state index contributed by atoms with van der Waals surface area (Å²) in [6, 6.07) is 5.77. The Hall–Kier alpha value is -3.22. The molecule has 1 aromatic carbocycles. The number of nitrogen functional groups attached to an aromatic ring is 1. The monoisotopic (exact) mass is 717 g/mol. The van der Waals surface area contributed by atoms with E-state index in [0.29, 0.717) is 25.2 Å². The highest BCUT2D eigenvalue weighted by molar-refractivity contribution is 5.90. The average molecular weight is 717 g/mol. The molecule has 1 aliphatic heterocycles. The van der Waals surface area contributed by atoms with Gasteiger partial charge in [-0.05, 0) is 68.8 Å². The van der Waals surface area contributed by atoms with Crippen LogP contribution in [-0.2, 0) is 35.1 Å². The first-order valence-corrected chi connectivity index (χ1v) is 18.7. The average Bonchev–Trinajstić information content (AvgIpc) is 3.56. The standard InChI is InChI=1S/C39H68N6O6/c1-13-26(6)35(44(10)39(49)33(24(2)3)42-38(48)34(25(4)5)43(8)9)31(50-11)23-32(46)45-22-14-15-30(45)36(51-12)27(7)37(47)41-21-20-28-16-18-29(40)19-17-28/h16-19,24-27,30-31,33-36H,13-15,20-23,40H2,1-12H3,(H,41,47)(H,42,48)/t26?,27?,30?,31?,33-,34?,35-,36?/m0/s1. The summed E-state index contributed by atoms with van der Waals surface area (Å²) in [7, 11) is 8.64. The van der Waals surface area contributed by atoms with E-state index in [2.05, 4.69) is 24.5 Å². The van der Waals surface area contributed by atoms with Gasteiger partial charge in [-0.15, -0.1) is 0 Å². The molecule has 0 aliphatic carbocycles. The number of nitrogens with zero attached hydrogens (tertiary/aromatic N) is 3. The van der Waals surface area contributed by atoms with Crippen molar-refractivity contribution in [1.29, 1.82) is 0 Å². The third kappa shape index (κ3) is 11.9. The van der Waals surface area contributed by atoms with Crippen LogP contribution >= 0.6 is 0 Å². The number of hydrogen-bond acceptors (Lipinski definition) is 8. The summed E-state index contributed by atoms with van der Waals surface area (Å²) in [4.78, 5) is 60.3. The van der Waals surface area contributed by atoms with E-state index in [1.54, 1.807) is 26.2 Å². The first-order valence-electron chi connectivity index (χ1n) is 18.7. The van der Waals surface area contributed by atoms with Gasteiger partial charge in [0.05, 0.1) is 42.7 Å². The zero-order valence-electron chi connectivity index (χ0n) is 33.4. The van der Waals surface area contributed by atoms with Gasteiger partial charge in [-0.2, -0.15) is 0 Å². The first kappa shape index (κ1) is 43.9. The predicted molar refractivity (Wildman–Crippen MR) is 203 cm³/mol. The lowest BCUT2D eigenvalue weighted by Gasteiger charge is -2.41. The number of rotatable bonds is 20. The highest BCUT2D eigenvalue weighted by atomic mass is 16.5. The van der Waals surface area contributed by atoms with E-state index in [9.17, 15) is 19.2 Å². The third-order valence-electron chi connectivity index (χ3n) is 10.6. The van der Waals surface area contributed by atoms with E-state index in [-0.39, 0.29) is 59.9 Å². The molecule has 2 rings (SSSR count). The van der Waals surface area contributed by atoms with Crippen LogP contribution in [0.3, 0.4) is 0 Å². The quantitative estimate of drug-likeness (QED) is 0.174. The van der Waals surface area contributed by atoms with Crippen molar-refractivity contribution in [1.82, 2.24) is 25.3 Å². The molecular formula is C39H68N6O6. The molecule has 8 atom stereocenters. The molecule has 51 heavy (non-hydrogen) atoms. The summed E-state index contributed by atoms with van der Waals surface area (Å²) in [6.45, 7) is 14.8. The van der Waals surface area contributed by atoms with E-state index < -0.39 is 30.2 Å². The van der Waals surface area contributed by atoms with Gasteiger partial charge < -0.3 is 35.6 Å². The largest absolute Gasteiger partial charge is 0.399 e. The lowest BCUT2D eigenvalue weighted by molar-refractivity contribution is -0.148. The Morgan fingerprint density at radius 2 is 1.57 bits per heavy atom. The molecule has 12 nitrogen and oxygen atoms in total. The number of ether oxygens (including phenoxy) is 2. The summed E-state index contributed by atoms with van der Waals surface area (Å²) < 4.78 is 11.9. The minimum atomic E-state index is -0.743. The molecule has 1 aliphatic rings. The van der Waals surface area contributed by atoms with Crippen molar-refractivity contribution in [3.05, 3.63) is 29.8 Å². The highest BCUT2D eigenvalue weighted by Crippen LogP contribution is 2.29. The summed E-state index contributed by atoms with van der Waals surface area (Å²) in [5.41, 5.74) is 7.57. The van der Waals surface area contributed by atoms with Crippen LogP contribution in [0.5, 0.6) is 0 Å². The number of methoxy groups -OCH3 is 2. The van der Waals surface area contributed by atoms with E-state index in [0.717, 1.165) is 24.8 Å². The molecule has 1 aromatic rings. The third-order valence-corrected chi connectivity index (χ3v) is 10.6. The van der Waals surface area contributed by atoms with Crippen LogP contribution in [0.2, 0.25) is 0 Å². The number of amides is 4. The van der Waals surface area contributed by atoms with Crippen LogP contribution in [0.25, 0.3) is 0 Å². The maximum absolute atomic E-state index is 14.2. The van der Waals surface area contributed by atoms with Crippen molar-refractivity contribution >= 4 is 29.3 Å². The normalized spacial score (nSPS) is 19.0. The Balaban J connectivity index is 2.21. The lowest BCUT2D eigenvalue weighted by Crippen LogP contribution is -2.59. The summed E-state index contributed by atoms with van der Waals surface area (Å²) >= 11 is 0. The van der Waals surface area contributed by atoms with Crippen LogP contribution in [-0.4, -0.2) is 123 Å². The van der Waals surface area contributed by atoms with E-state index in [1.165, 1.54) is 0 Å². The molecule has 0 aromatic heterocycles. The van der Waals surface area contributed by atoms with Gasteiger partial charge in [-0.25, -0.2) is 0 Å². The number of likely N-dealkylation sites (N-methyl/N-ethyl adjacent to an activating group) is 2. The van der Waals surface area contributed by atoms with Crippen molar-refractivity contribution < 1.29 is 28.7 Å². The molecule has 4 N–H and O–H groups in total. The van der Waals surface area contributed by atoms with Gasteiger partial charge in [-0.3, -0.25) is 24.1 Å². The number of anilines is 1. The van der Waals surface area contributed by atoms with Crippen LogP contribution in [0.1, 0.15) is 79.7 Å². The number of likely N-dealkylation sites (tertiary alicyclic amines) is 1. The lowest BCUT2D eigenvalue weighted by atomic mass is 9.89. The fourth-order valence-electron chi connectivity index (χ4n) is 7.59. The molecule has 1 fully saturated rings. The SMILES string of the molecule is CCC(C)[C@@H](C(CC(=O)N1CCCC1C(OC)C(C)C(=O)NCCc1ccc(N)cc1)OC)N(C)C(=O)[C@@H](NC(=O)C(C(C)C)N(C)C)C(C)C. The minimum Gasteiger partial charge on any atom is -0.399 e. The molecule has 0 bridgehead atoms. The molecule has 4 amide bonds. The number of nitrogens with two attached hydrogens (primary N) is 1. The molecule has 0 saturated carbocycles. The number of carbonyl (C=O) groups is 4. The smallest absolute Gasteiger partial charge is 0.245 e. The number of carbonyl (C=O) groups excluding carboxylic acids is 4. The second-order valence-corrected chi connectivity index (χ2v) is 15.3. The van der Waals surface area contributed by atoms with E-state index in [4.69, 9.17) is 15.2 Å². The molecule has 290 valence electrons. The van der Waals surface area contributed by atoms with E-state index >= 15 is 0 Å². The Bertz CT molecular complexity index is 1250. The van der Waals surface area contributed by atoms with Gasteiger partial charge in [0.25, 0.3) is 0 Å². The Morgan fingerprint density at radius 1 is 0.941 bits per heavy atom. The fraction of sp³-hybridized carbons (Fsp3) is 0.744. The maximum Gasteiger partial charge on any atom is 0.245 e. The van der Waals surface area contributed by atoms with Gasteiger partial charge in [0, 0.05) is 40.0 Å². The van der Waals surface area contributed by atoms with Crippen LogP contribution in [0.15, 0.2) is 24.3 Å². The first-order chi connectivity index (χ1) is 24.0. The molecule has 1 heterocycles. The Kier molecular flexibility index (Phi) is 17.9. The van der Waals surface area contributed by atoms with E-state index in [1.807, 2.05) is 82.8 Å². The zero-order chi connectivity index (χ0) is 38.6. The topological polar surface area (TPSA) is 147 Å². The van der Waals surface area contributed by atoms with Crippen molar-refractivity contribution in [2.75, 3.05) is 54.2 Å². The highest BCUT2D eigenvalue weighted by Gasteiger charge is 2.43. The molecule has 0 radical (unpaired) electrons. The second-order valence-electron chi connectivity index (χ2n) is 15.3. The fourth-order valence-corrected chi connectivity index (χ4v) is 7.59. The number of benzene rings is 1. The summed E-state index contributed by atoms with van der Waals surface area (Å²) in [5.74, 6) is -1.21. The molecule has 0 spiro atoms.